The maximum absolute atomic E-state index is 11.9. The van der Waals surface area contributed by atoms with Gasteiger partial charge in [-0.05, 0) is 25.7 Å². The van der Waals surface area contributed by atoms with Crippen molar-refractivity contribution in [2.75, 3.05) is 26.3 Å². The second kappa shape index (κ2) is 9.75. The van der Waals surface area contributed by atoms with Crippen LogP contribution in [-0.2, 0) is 19.4 Å². The van der Waals surface area contributed by atoms with Gasteiger partial charge >= 0.3 is 5.97 Å². The molecule has 1 radical (unpaired) electrons. The summed E-state index contributed by atoms with van der Waals surface area (Å²) in [6.07, 6.45) is 5.38. The van der Waals surface area contributed by atoms with E-state index in [1.807, 2.05) is 0 Å². The van der Waals surface area contributed by atoms with Gasteiger partial charge in [-0.2, -0.15) is 0 Å². The highest BCUT2D eigenvalue weighted by molar-refractivity contribution is 5.79. The van der Waals surface area contributed by atoms with Crippen molar-refractivity contribution >= 4 is 11.9 Å². The third kappa shape index (κ3) is 5.90. The molecule has 1 aliphatic rings. The number of hydrogen-bond donors (Lipinski definition) is 0. The molecular weight excluding hydrogens is 258 g/mol. The summed E-state index contributed by atoms with van der Waals surface area (Å²) in [6, 6.07) is 0. The summed E-state index contributed by atoms with van der Waals surface area (Å²) in [7, 11) is 0. The number of likely N-dealkylation sites (tertiary alicyclic amines) is 1. The second-order valence-electron chi connectivity index (χ2n) is 5.36. The van der Waals surface area contributed by atoms with Crippen LogP contribution in [0.5, 0.6) is 0 Å². The second-order valence-corrected chi connectivity index (χ2v) is 5.36. The van der Waals surface area contributed by atoms with Crippen molar-refractivity contribution in [3.63, 3.8) is 0 Å². The van der Waals surface area contributed by atoms with Gasteiger partial charge in [0.2, 0.25) is 5.91 Å². The van der Waals surface area contributed by atoms with E-state index >= 15 is 0 Å². The van der Waals surface area contributed by atoms with Crippen LogP contribution in [0.15, 0.2) is 0 Å². The normalized spacial score (nSPS) is 18.3. The van der Waals surface area contributed by atoms with E-state index in [1.54, 1.807) is 4.90 Å². The molecule has 0 aromatic carbocycles. The lowest BCUT2D eigenvalue weighted by molar-refractivity contribution is -0.148. The van der Waals surface area contributed by atoms with Crippen LogP contribution in [0.25, 0.3) is 0 Å². The van der Waals surface area contributed by atoms with E-state index < -0.39 is 0 Å². The lowest BCUT2D eigenvalue weighted by Crippen LogP contribution is -2.30. The van der Waals surface area contributed by atoms with Crippen molar-refractivity contribution in [2.24, 2.45) is 5.92 Å². The molecule has 1 unspecified atom stereocenters. The van der Waals surface area contributed by atoms with Gasteiger partial charge in [-0.25, -0.2) is 5.11 Å². The Kier molecular flexibility index (Phi) is 8.26. The average molecular weight is 284 g/mol. The van der Waals surface area contributed by atoms with Crippen molar-refractivity contribution in [3.05, 3.63) is 0 Å². The first-order valence-corrected chi connectivity index (χ1v) is 7.71. The molecule has 1 aliphatic heterocycles. The maximum Gasteiger partial charge on any atom is 0.310 e. The zero-order valence-corrected chi connectivity index (χ0v) is 12.4. The molecule has 0 aromatic rings. The summed E-state index contributed by atoms with van der Waals surface area (Å²) in [5, 5.41) is 10.3. The third-order valence-electron chi connectivity index (χ3n) is 3.65. The first-order chi connectivity index (χ1) is 9.69. The quantitative estimate of drug-likeness (QED) is 0.481. The van der Waals surface area contributed by atoms with Crippen molar-refractivity contribution < 1.29 is 19.4 Å². The molecule has 0 spiro atoms. The zero-order valence-electron chi connectivity index (χ0n) is 12.4. The molecule has 20 heavy (non-hydrogen) atoms. The molecule has 0 saturated carbocycles. The molecule has 1 atom stereocenters. The molecule has 5 heteroatoms. The number of carbonyl (C=O) groups is 2. The Bertz CT molecular complexity index is 306. The van der Waals surface area contributed by atoms with Crippen LogP contribution >= 0.6 is 0 Å². The summed E-state index contributed by atoms with van der Waals surface area (Å²) in [6.45, 7) is 3.57. The van der Waals surface area contributed by atoms with Crippen LogP contribution in [0.1, 0.15) is 51.9 Å². The molecule has 115 valence electrons. The third-order valence-corrected chi connectivity index (χ3v) is 3.65. The summed E-state index contributed by atoms with van der Waals surface area (Å²) >= 11 is 0. The van der Waals surface area contributed by atoms with E-state index in [1.165, 1.54) is 0 Å². The average Bonchev–Trinajstić information content (AvgIpc) is 2.93. The lowest BCUT2D eigenvalue weighted by Gasteiger charge is -2.16. The van der Waals surface area contributed by atoms with Crippen LogP contribution < -0.4 is 0 Å². The smallest absolute Gasteiger partial charge is 0.310 e. The molecule has 5 nitrogen and oxygen atoms in total. The Morgan fingerprint density at radius 2 is 2.00 bits per heavy atom. The van der Waals surface area contributed by atoms with Crippen LogP contribution in [0.3, 0.4) is 0 Å². The minimum Gasteiger partial charge on any atom is -0.465 e. The molecule has 0 aliphatic carbocycles. The highest BCUT2D eigenvalue weighted by Gasteiger charge is 2.31. The fourth-order valence-electron chi connectivity index (χ4n) is 2.36. The van der Waals surface area contributed by atoms with Crippen molar-refractivity contribution in [3.8, 4) is 0 Å². The van der Waals surface area contributed by atoms with Crippen LogP contribution in [0.2, 0.25) is 0 Å². The summed E-state index contributed by atoms with van der Waals surface area (Å²) < 4.78 is 5.24. The molecule has 1 fully saturated rings. The maximum atomic E-state index is 11.9. The number of rotatable bonds is 9. The van der Waals surface area contributed by atoms with Gasteiger partial charge in [-0.15, -0.1) is 0 Å². The number of ether oxygens (including phenoxy) is 1. The van der Waals surface area contributed by atoms with Gasteiger partial charge in [0.25, 0.3) is 0 Å². The number of nitrogens with zero attached hydrogens (tertiary/aromatic N) is 1. The molecule has 1 rings (SSSR count). The van der Waals surface area contributed by atoms with E-state index in [4.69, 9.17) is 4.74 Å². The predicted molar refractivity (Wildman–Crippen MR) is 74.6 cm³/mol. The number of hydrogen-bond acceptors (Lipinski definition) is 3. The predicted octanol–water partition coefficient (Wildman–Crippen LogP) is 2.17. The topological polar surface area (TPSA) is 66.5 Å². The molecule has 1 saturated heterocycles. The summed E-state index contributed by atoms with van der Waals surface area (Å²) in [5.41, 5.74) is 0. The Morgan fingerprint density at radius 3 is 2.70 bits per heavy atom. The Balaban J connectivity index is 2.21. The van der Waals surface area contributed by atoms with E-state index in [0.29, 0.717) is 45.4 Å². The fourth-order valence-corrected chi connectivity index (χ4v) is 2.36. The molecule has 0 N–H and O–H groups in total. The van der Waals surface area contributed by atoms with Crippen molar-refractivity contribution in [2.45, 2.75) is 51.9 Å². The minimum absolute atomic E-state index is 0.0553. The lowest BCUT2D eigenvalue weighted by atomic mass is 10.1. The molecular formula is C15H26NO4. The largest absolute Gasteiger partial charge is 0.465 e. The van der Waals surface area contributed by atoms with E-state index in [0.717, 1.165) is 19.3 Å². The highest BCUT2D eigenvalue weighted by atomic mass is 16.5. The van der Waals surface area contributed by atoms with Crippen LogP contribution in [-0.4, -0.2) is 43.1 Å². The van der Waals surface area contributed by atoms with Crippen molar-refractivity contribution in [1.82, 2.24) is 4.90 Å². The van der Waals surface area contributed by atoms with Gasteiger partial charge < -0.3 is 9.64 Å². The number of esters is 1. The summed E-state index contributed by atoms with van der Waals surface area (Å²) in [4.78, 5) is 25.4. The van der Waals surface area contributed by atoms with Gasteiger partial charge in [0, 0.05) is 19.5 Å². The minimum atomic E-state index is -0.170. The van der Waals surface area contributed by atoms with E-state index in [2.05, 4.69) is 6.92 Å². The fraction of sp³-hybridized carbons (Fsp3) is 0.867. The Morgan fingerprint density at radius 1 is 1.20 bits per heavy atom. The van der Waals surface area contributed by atoms with Crippen LogP contribution in [0, 0.1) is 5.92 Å². The number of amides is 1. The summed E-state index contributed by atoms with van der Waals surface area (Å²) in [5.74, 6) is -0.282. The van der Waals surface area contributed by atoms with Gasteiger partial charge in [0.1, 0.15) is 0 Å². The van der Waals surface area contributed by atoms with E-state index in [9.17, 15) is 14.7 Å². The number of carbonyl (C=O) groups excluding carboxylic acids is 2. The first-order valence-electron chi connectivity index (χ1n) is 7.71. The SMILES string of the molecule is CCCCCOC(=O)C1CCN(C(=O)CCCC[O])C1. The van der Waals surface area contributed by atoms with Gasteiger partial charge in [0.15, 0.2) is 0 Å². The highest BCUT2D eigenvalue weighted by Crippen LogP contribution is 2.19. The first kappa shape index (κ1) is 17.0. The molecule has 1 heterocycles. The molecule has 0 bridgehead atoms. The van der Waals surface area contributed by atoms with Gasteiger partial charge in [0.05, 0.1) is 19.1 Å². The van der Waals surface area contributed by atoms with Gasteiger partial charge in [-0.1, -0.05) is 19.8 Å². The number of unbranched alkanes of at least 4 members (excludes halogenated alkanes) is 3. The van der Waals surface area contributed by atoms with Crippen LogP contribution in [0.4, 0.5) is 0 Å². The molecule has 0 aromatic heterocycles. The monoisotopic (exact) mass is 284 g/mol. The molecule has 1 amide bonds. The zero-order chi connectivity index (χ0) is 14.8. The Hall–Kier alpha value is -1.10. The standard InChI is InChI=1S/C15H26NO4/c1-2-3-6-11-20-15(19)13-8-9-16(12-13)14(18)7-4-5-10-17/h13H,2-12H2,1H3. The Labute approximate surface area is 121 Å². The van der Waals surface area contributed by atoms with Gasteiger partial charge in [-0.3, -0.25) is 9.59 Å². The van der Waals surface area contributed by atoms with E-state index in [-0.39, 0.29) is 24.4 Å². The van der Waals surface area contributed by atoms with Crippen molar-refractivity contribution in [1.29, 1.82) is 0 Å².